The number of nitrogens with zero attached hydrogens (tertiary/aromatic N) is 1. The van der Waals surface area contributed by atoms with Crippen LogP contribution in [-0.2, 0) is 4.79 Å². The summed E-state index contributed by atoms with van der Waals surface area (Å²) >= 11 is 5.97. The largest absolute Gasteiger partial charge is 0.482 e. The lowest BCUT2D eigenvalue weighted by Gasteiger charge is -2.15. The molecule has 0 heterocycles. The van der Waals surface area contributed by atoms with Crippen molar-refractivity contribution in [1.82, 2.24) is 5.32 Å². The highest BCUT2D eigenvalue weighted by Crippen LogP contribution is 2.25. The quantitative estimate of drug-likeness (QED) is 0.838. The van der Waals surface area contributed by atoms with E-state index in [9.17, 15) is 4.79 Å². The minimum atomic E-state index is -0.174. The van der Waals surface area contributed by atoms with Crippen molar-refractivity contribution in [2.45, 2.75) is 39.7 Å². The predicted octanol–water partition coefficient (Wildman–Crippen LogP) is 3.53. The number of nitriles is 1. The third-order valence-electron chi connectivity index (χ3n) is 3.00. The maximum absolute atomic E-state index is 11.8. The Kier molecular flexibility index (Phi) is 7.04. The van der Waals surface area contributed by atoms with E-state index >= 15 is 0 Å². The number of carbonyl (C=O) groups excluding carboxylic acids is 1. The summed E-state index contributed by atoms with van der Waals surface area (Å²) < 4.78 is 5.37. The second-order valence-electron chi connectivity index (χ2n) is 5.49. The van der Waals surface area contributed by atoms with Crippen LogP contribution in [0.3, 0.4) is 0 Å². The van der Waals surface area contributed by atoms with E-state index in [-0.39, 0.29) is 18.6 Å². The van der Waals surface area contributed by atoms with Crippen LogP contribution < -0.4 is 10.1 Å². The molecule has 0 spiro atoms. The maximum atomic E-state index is 11.8. The Bertz CT molecular complexity index is 523. The van der Waals surface area contributed by atoms with Crippen molar-refractivity contribution in [3.8, 4) is 11.8 Å². The van der Waals surface area contributed by atoms with Gasteiger partial charge in [0.05, 0.1) is 16.7 Å². The average molecular weight is 309 g/mol. The molecule has 0 aliphatic carbocycles. The Morgan fingerprint density at radius 3 is 2.67 bits per heavy atom. The summed E-state index contributed by atoms with van der Waals surface area (Å²) in [5.74, 6) is 0.852. The Balaban J connectivity index is 2.41. The van der Waals surface area contributed by atoms with Crippen LogP contribution in [-0.4, -0.2) is 18.6 Å². The number of amides is 1. The smallest absolute Gasteiger partial charge is 0.258 e. The normalized spacial score (nSPS) is 11.8. The molecule has 0 fully saturated rings. The monoisotopic (exact) mass is 308 g/mol. The lowest BCUT2D eigenvalue weighted by Crippen LogP contribution is -2.36. The topological polar surface area (TPSA) is 62.1 Å². The van der Waals surface area contributed by atoms with Crippen molar-refractivity contribution < 1.29 is 9.53 Å². The number of nitrogens with one attached hydrogen (secondary N) is 1. The molecule has 0 aromatic heterocycles. The molecule has 0 bridgehead atoms. The van der Waals surface area contributed by atoms with E-state index in [0.717, 1.165) is 12.8 Å². The zero-order valence-electron chi connectivity index (χ0n) is 12.6. The van der Waals surface area contributed by atoms with Gasteiger partial charge in [-0.05, 0) is 43.9 Å². The van der Waals surface area contributed by atoms with Gasteiger partial charge < -0.3 is 10.1 Å². The Hall–Kier alpha value is -1.73. The molecule has 114 valence electrons. The van der Waals surface area contributed by atoms with Crippen molar-refractivity contribution in [3.63, 3.8) is 0 Å². The van der Waals surface area contributed by atoms with E-state index in [0.29, 0.717) is 22.3 Å². The molecule has 0 radical (unpaired) electrons. The van der Waals surface area contributed by atoms with Crippen molar-refractivity contribution >= 4 is 17.5 Å². The number of benzene rings is 1. The highest BCUT2D eigenvalue weighted by atomic mass is 35.5. The van der Waals surface area contributed by atoms with Crippen molar-refractivity contribution in [3.05, 3.63) is 28.8 Å². The summed E-state index contributed by atoms with van der Waals surface area (Å²) in [4.78, 5) is 11.8. The fourth-order valence-electron chi connectivity index (χ4n) is 1.80. The standard InChI is InChI=1S/C16H21ClN2O2/c1-11(2)4-5-12(3)19-16(20)10-21-15-7-6-13(9-18)8-14(15)17/h6-8,11-12H,4-5,10H2,1-3H3,(H,19,20)/t12-/m1/s1. The first kappa shape index (κ1) is 17.3. The van der Waals surface area contributed by atoms with Crippen LogP contribution in [0.4, 0.5) is 0 Å². The molecule has 0 saturated carbocycles. The minimum Gasteiger partial charge on any atom is -0.482 e. The van der Waals surface area contributed by atoms with Crippen LogP contribution >= 0.6 is 11.6 Å². The van der Waals surface area contributed by atoms with Gasteiger partial charge in [0, 0.05) is 6.04 Å². The van der Waals surface area contributed by atoms with Crippen LogP contribution in [0.25, 0.3) is 0 Å². The van der Waals surface area contributed by atoms with Gasteiger partial charge in [-0.3, -0.25) is 4.79 Å². The number of hydrogen-bond acceptors (Lipinski definition) is 3. The van der Waals surface area contributed by atoms with Gasteiger partial charge >= 0.3 is 0 Å². The predicted molar refractivity (Wildman–Crippen MR) is 83.3 cm³/mol. The van der Waals surface area contributed by atoms with Gasteiger partial charge in [0.2, 0.25) is 0 Å². The Morgan fingerprint density at radius 1 is 1.38 bits per heavy atom. The first-order valence-electron chi connectivity index (χ1n) is 7.04. The average Bonchev–Trinajstić information content (AvgIpc) is 2.43. The molecule has 1 aromatic rings. The first-order chi connectivity index (χ1) is 9.92. The Morgan fingerprint density at radius 2 is 2.10 bits per heavy atom. The molecule has 4 nitrogen and oxygen atoms in total. The second kappa shape index (κ2) is 8.53. The molecule has 1 aromatic carbocycles. The number of halogens is 1. The highest BCUT2D eigenvalue weighted by molar-refractivity contribution is 6.32. The van der Waals surface area contributed by atoms with Gasteiger partial charge in [-0.15, -0.1) is 0 Å². The van der Waals surface area contributed by atoms with Gasteiger partial charge in [0.25, 0.3) is 5.91 Å². The molecule has 0 unspecified atom stereocenters. The van der Waals surface area contributed by atoms with Gasteiger partial charge in [-0.2, -0.15) is 5.26 Å². The Labute approximate surface area is 131 Å². The van der Waals surface area contributed by atoms with Crippen LogP contribution in [0.1, 0.15) is 39.2 Å². The summed E-state index contributed by atoms with van der Waals surface area (Å²) in [6.07, 6.45) is 2.02. The second-order valence-corrected chi connectivity index (χ2v) is 5.89. The van der Waals surface area contributed by atoms with Crippen molar-refractivity contribution in [2.24, 2.45) is 5.92 Å². The van der Waals surface area contributed by atoms with E-state index in [4.69, 9.17) is 21.6 Å². The van der Waals surface area contributed by atoms with Crippen molar-refractivity contribution in [1.29, 1.82) is 5.26 Å². The summed E-state index contributed by atoms with van der Waals surface area (Å²) in [6.45, 7) is 6.21. The number of ether oxygens (including phenoxy) is 1. The molecule has 0 saturated heterocycles. The van der Waals surface area contributed by atoms with E-state index in [1.807, 2.05) is 13.0 Å². The summed E-state index contributed by atoms with van der Waals surface area (Å²) in [5.41, 5.74) is 0.458. The number of hydrogen-bond donors (Lipinski definition) is 1. The number of carbonyl (C=O) groups is 1. The van der Waals surface area contributed by atoms with E-state index in [2.05, 4.69) is 19.2 Å². The lowest BCUT2D eigenvalue weighted by atomic mass is 10.0. The summed E-state index contributed by atoms with van der Waals surface area (Å²) in [7, 11) is 0. The third kappa shape index (κ3) is 6.50. The highest BCUT2D eigenvalue weighted by Gasteiger charge is 2.10. The molecule has 1 atom stereocenters. The van der Waals surface area contributed by atoms with Gasteiger partial charge in [0.15, 0.2) is 6.61 Å². The SMILES string of the molecule is CC(C)CC[C@@H](C)NC(=O)COc1ccc(C#N)cc1Cl. The van der Waals surface area contributed by atoms with Gasteiger partial charge in [-0.1, -0.05) is 25.4 Å². The third-order valence-corrected chi connectivity index (χ3v) is 3.30. The molecule has 1 rings (SSSR count). The number of rotatable bonds is 7. The molecule has 1 amide bonds. The summed E-state index contributed by atoms with van der Waals surface area (Å²) in [5, 5.41) is 12.0. The van der Waals surface area contributed by atoms with Crippen LogP contribution in [0.15, 0.2) is 18.2 Å². The zero-order chi connectivity index (χ0) is 15.8. The molecule has 5 heteroatoms. The van der Waals surface area contributed by atoms with E-state index in [1.54, 1.807) is 12.1 Å². The van der Waals surface area contributed by atoms with Crippen LogP contribution in [0.5, 0.6) is 5.75 Å². The van der Waals surface area contributed by atoms with E-state index < -0.39 is 0 Å². The van der Waals surface area contributed by atoms with Crippen LogP contribution in [0.2, 0.25) is 5.02 Å². The fraction of sp³-hybridized carbons (Fsp3) is 0.500. The first-order valence-corrected chi connectivity index (χ1v) is 7.42. The lowest BCUT2D eigenvalue weighted by molar-refractivity contribution is -0.123. The zero-order valence-corrected chi connectivity index (χ0v) is 13.4. The van der Waals surface area contributed by atoms with E-state index in [1.165, 1.54) is 6.07 Å². The molecule has 1 N–H and O–H groups in total. The molecular weight excluding hydrogens is 288 g/mol. The molecule has 21 heavy (non-hydrogen) atoms. The molecular formula is C16H21ClN2O2. The van der Waals surface area contributed by atoms with Crippen molar-refractivity contribution in [2.75, 3.05) is 6.61 Å². The van der Waals surface area contributed by atoms with Gasteiger partial charge in [0.1, 0.15) is 5.75 Å². The fourth-order valence-corrected chi connectivity index (χ4v) is 2.04. The van der Waals surface area contributed by atoms with Crippen LogP contribution in [0, 0.1) is 17.2 Å². The minimum absolute atomic E-state index is 0.0857. The molecule has 0 aliphatic rings. The maximum Gasteiger partial charge on any atom is 0.258 e. The van der Waals surface area contributed by atoms with Gasteiger partial charge in [-0.25, -0.2) is 0 Å². The summed E-state index contributed by atoms with van der Waals surface area (Å²) in [6, 6.07) is 6.82. The molecule has 0 aliphatic heterocycles.